The van der Waals surface area contributed by atoms with E-state index in [2.05, 4.69) is 10.4 Å². The van der Waals surface area contributed by atoms with Crippen molar-refractivity contribution in [3.8, 4) is 0 Å². The summed E-state index contributed by atoms with van der Waals surface area (Å²) in [5.41, 5.74) is 1.52. The Labute approximate surface area is 83.3 Å². The standard InChI is InChI=1S/C10H15N3O/c1-3-13-6-9(7(2)12-13)10(14)11-8-4-5-8/h6,8H,3-5H2,1-2H3,(H,11,14). The summed E-state index contributed by atoms with van der Waals surface area (Å²) in [4.78, 5) is 11.7. The zero-order chi connectivity index (χ0) is 10.1. The SMILES string of the molecule is CCn1cc(C(=O)NC2CC2)c(C)n1. The normalized spacial score (nSPS) is 15.6. The molecule has 2 rings (SSSR count). The van der Waals surface area contributed by atoms with E-state index >= 15 is 0 Å². The second-order valence-electron chi connectivity index (χ2n) is 3.73. The summed E-state index contributed by atoms with van der Waals surface area (Å²) in [6.45, 7) is 4.68. The molecule has 1 aliphatic rings. The van der Waals surface area contributed by atoms with Crippen molar-refractivity contribution in [3.05, 3.63) is 17.5 Å². The fourth-order valence-corrected chi connectivity index (χ4v) is 1.39. The van der Waals surface area contributed by atoms with Crippen molar-refractivity contribution in [2.24, 2.45) is 0 Å². The molecule has 0 radical (unpaired) electrons. The molecule has 1 aromatic heterocycles. The Morgan fingerprint density at radius 2 is 2.43 bits per heavy atom. The lowest BCUT2D eigenvalue weighted by molar-refractivity contribution is 0.0950. The second kappa shape index (κ2) is 3.44. The third-order valence-electron chi connectivity index (χ3n) is 2.43. The molecule has 1 amide bonds. The van der Waals surface area contributed by atoms with Crippen LogP contribution in [0.5, 0.6) is 0 Å². The van der Waals surface area contributed by atoms with Gasteiger partial charge in [-0.25, -0.2) is 0 Å². The van der Waals surface area contributed by atoms with Crippen molar-refractivity contribution in [1.82, 2.24) is 15.1 Å². The van der Waals surface area contributed by atoms with E-state index in [4.69, 9.17) is 0 Å². The van der Waals surface area contributed by atoms with Gasteiger partial charge in [-0.05, 0) is 26.7 Å². The highest BCUT2D eigenvalue weighted by molar-refractivity contribution is 5.95. The number of carbonyl (C=O) groups is 1. The van der Waals surface area contributed by atoms with Gasteiger partial charge in [-0.1, -0.05) is 0 Å². The van der Waals surface area contributed by atoms with Gasteiger partial charge in [0.25, 0.3) is 5.91 Å². The molecule has 1 saturated carbocycles. The maximum Gasteiger partial charge on any atom is 0.254 e. The van der Waals surface area contributed by atoms with Crippen LogP contribution >= 0.6 is 0 Å². The molecule has 0 bridgehead atoms. The molecule has 4 heteroatoms. The maximum absolute atomic E-state index is 11.7. The summed E-state index contributed by atoms with van der Waals surface area (Å²) in [5.74, 6) is 0.0182. The number of carbonyl (C=O) groups excluding carboxylic acids is 1. The Balaban J connectivity index is 2.12. The van der Waals surface area contributed by atoms with Crippen molar-refractivity contribution in [3.63, 3.8) is 0 Å². The quantitative estimate of drug-likeness (QED) is 0.781. The number of hydrogen-bond donors (Lipinski definition) is 1. The molecule has 4 nitrogen and oxygen atoms in total. The summed E-state index contributed by atoms with van der Waals surface area (Å²) < 4.78 is 1.79. The lowest BCUT2D eigenvalue weighted by atomic mass is 10.2. The van der Waals surface area contributed by atoms with Gasteiger partial charge in [-0.2, -0.15) is 5.10 Å². The summed E-state index contributed by atoms with van der Waals surface area (Å²) in [5, 5.41) is 7.19. The van der Waals surface area contributed by atoms with Crippen molar-refractivity contribution in [2.75, 3.05) is 0 Å². The lowest BCUT2D eigenvalue weighted by Crippen LogP contribution is -2.25. The van der Waals surface area contributed by atoms with Gasteiger partial charge in [0.2, 0.25) is 0 Å². The molecule has 1 heterocycles. The molecule has 1 N–H and O–H groups in total. The van der Waals surface area contributed by atoms with Crippen LogP contribution in [-0.2, 0) is 6.54 Å². The molecule has 76 valence electrons. The second-order valence-corrected chi connectivity index (χ2v) is 3.73. The van der Waals surface area contributed by atoms with E-state index < -0.39 is 0 Å². The van der Waals surface area contributed by atoms with Crippen LogP contribution in [-0.4, -0.2) is 21.7 Å². The minimum absolute atomic E-state index is 0.0182. The zero-order valence-electron chi connectivity index (χ0n) is 8.58. The van der Waals surface area contributed by atoms with Gasteiger partial charge < -0.3 is 5.32 Å². The van der Waals surface area contributed by atoms with Crippen LogP contribution in [0.1, 0.15) is 35.8 Å². The third kappa shape index (κ3) is 1.78. The molecule has 0 spiro atoms. The average molecular weight is 193 g/mol. The average Bonchev–Trinajstić information content (AvgIpc) is 2.87. The van der Waals surface area contributed by atoms with E-state index in [-0.39, 0.29) is 5.91 Å². The van der Waals surface area contributed by atoms with Crippen molar-refractivity contribution < 1.29 is 4.79 Å². The molecule has 1 fully saturated rings. The van der Waals surface area contributed by atoms with Gasteiger partial charge in [0.05, 0.1) is 11.3 Å². The smallest absolute Gasteiger partial charge is 0.254 e. The Kier molecular flexibility index (Phi) is 2.27. The summed E-state index contributed by atoms with van der Waals surface area (Å²) in [7, 11) is 0. The molecule has 0 aromatic carbocycles. The van der Waals surface area contributed by atoms with Gasteiger partial charge in [0, 0.05) is 18.8 Å². The molecule has 0 aliphatic heterocycles. The van der Waals surface area contributed by atoms with E-state index in [0.717, 1.165) is 25.1 Å². The first-order valence-corrected chi connectivity index (χ1v) is 5.05. The summed E-state index contributed by atoms with van der Waals surface area (Å²) in [6.07, 6.45) is 4.05. The Bertz CT molecular complexity index is 352. The van der Waals surface area contributed by atoms with Crippen molar-refractivity contribution in [1.29, 1.82) is 0 Å². The lowest BCUT2D eigenvalue weighted by Gasteiger charge is -1.99. The first kappa shape index (κ1) is 9.24. The van der Waals surface area contributed by atoms with Gasteiger partial charge in [-0.15, -0.1) is 0 Å². The highest BCUT2D eigenvalue weighted by atomic mass is 16.1. The minimum atomic E-state index is 0.0182. The van der Waals surface area contributed by atoms with Crippen LogP contribution in [0.4, 0.5) is 0 Å². The summed E-state index contributed by atoms with van der Waals surface area (Å²) in [6, 6.07) is 0.409. The van der Waals surface area contributed by atoms with Gasteiger partial charge in [0.1, 0.15) is 0 Å². The Morgan fingerprint density at radius 3 is 2.93 bits per heavy atom. The van der Waals surface area contributed by atoms with Crippen molar-refractivity contribution >= 4 is 5.91 Å². The largest absolute Gasteiger partial charge is 0.349 e. The first-order chi connectivity index (χ1) is 6.70. The van der Waals surface area contributed by atoms with E-state index in [1.54, 1.807) is 4.68 Å². The van der Waals surface area contributed by atoms with Gasteiger partial charge >= 0.3 is 0 Å². The van der Waals surface area contributed by atoms with Crippen LogP contribution in [0.15, 0.2) is 6.20 Å². The number of nitrogens with one attached hydrogen (secondary N) is 1. The highest BCUT2D eigenvalue weighted by Gasteiger charge is 2.25. The predicted octanol–water partition coefficient (Wildman–Crippen LogP) is 1.10. The van der Waals surface area contributed by atoms with Crippen LogP contribution in [0.3, 0.4) is 0 Å². The first-order valence-electron chi connectivity index (χ1n) is 5.05. The van der Waals surface area contributed by atoms with Crippen LogP contribution in [0.25, 0.3) is 0 Å². The van der Waals surface area contributed by atoms with Crippen LogP contribution in [0.2, 0.25) is 0 Å². The molecule has 0 unspecified atom stereocenters. The van der Waals surface area contributed by atoms with E-state index in [1.807, 2.05) is 20.0 Å². The number of hydrogen-bond acceptors (Lipinski definition) is 2. The molecule has 1 aliphatic carbocycles. The van der Waals surface area contributed by atoms with E-state index in [1.165, 1.54) is 0 Å². The van der Waals surface area contributed by atoms with Crippen molar-refractivity contribution in [2.45, 2.75) is 39.3 Å². The van der Waals surface area contributed by atoms with Gasteiger partial charge in [0.15, 0.2) is 0 Å². The highest BCUT2D eigenvalue weighted by Crippen LogP contribution is 2.19. The Morgan fingerprint density at radius 1 is 1.71 bits per heavy atom. The van der Waals surface area contributed by atoms with Gasteiger partial charge in [-0.3, -0.25) is 9.48 Å². The number of aryl methyl sites for hydroxylation is 2. The number of rotatable bonds is 3. The summed E-state index contributed by atoms with van der Waals surface area (Å²) >= 11 is 0. The molecular formula is C10H15N3O. The number of amides is 1. The topological polar surface area (TPSA) is 46.9 Å². The van der Waals surface area contributed by atoms with E-state index in [9.17, 15) is 4.79 Å². The van der Waals surface area contributed by atoms with E-state index in [0.29, 0.717) is 11.6 Å². The third-order valence-corrected chi connectivity index (χ3v) is 2.43. The number of aromatic nitrogens is 2. The maximum atomic E-state index is 11.7. The number of nitrogens with zero attached hydrogens (tertiary/aromatic N) is 2. The molecular weight excluding hydrogens is 178 g/mol. The fraction of sp³-hybridized carbons (Fsp3) is 0.600. The molecule has 0 saturated heterocycles. The fourth-order valence-electron chi connectivity index (χ4n) is 1.39. The van der Waals surface area contributed by atoms with Crippen LogP contribution in [0, 0.1) is 6.92 Å². The molecule has 0 atom stereocenters. The zero-order valence-corrected chi connectivity index (χ0v) is 8.58. The predicted molar refractivity (Wildman–Crippen MR) is 53.1 cm³/mol. The Hall–Kier alpha value is -1.32. The molecule has 14 heavy (non-hydrogen) atoms. The molecule has 1 aromatic rings. The minimum Gasteiger partial charge on any atom is -0.349 e. The van der Waals surface area contributed by atoms with Crippen LogP contribution < -0.4 is 5.32 Å². The monoisotopic (exact) mass is 193 g/mol.